The molecule has 4 nitrogen and oxygen atoms in total. The Morgan fingerprint density at radius 2 is 2.21 bits per heavy atom. The highest BCUT2D eigenvalue weighted by atomic mass is 16.4. The number of benzene rings is 1. The third kappa shape index (κ3) is 2.11. The fourth-order valence-electron chi connectivity index (χ4n) is 2.53. The minimum Gasteiger partial charge on any atom is -0.481 e. The molecule has 4 heteroatoms. The molecule has 0 bridgehead atoms. The predicted molar refractivity (Wildman–Crippen MR) is 71.3 cm³/mol. The van der Waals surface area contributed by atoms with Crippen LogP contribution in [0, 0.1) is 0 Å². The molecule has 19 heavy (non-hydrogen) atoms. The number of hydrogen-bond acceptors (Lipinski definition) is 3. The second-order valence-corrected chi connectivity index (χ2v) is 5.74. The predicted octanol–water partition coefficient (Wildman–Crippen LogP) is 3.46. The van der Waals surface area contributed by atoms with Crippen LogP contribution in [0.15, 0.2) is 22.6 Å². The lowest BCUT2D eigenvalue weighted by Gasteiger charge is -2.12. The minimum absolute atomic E-state index is 0.170. The third-order valence-corrected chi connectivity index (χ3v) is 3.85. The van der Waals surface area contributed by atoms with Crippen LogP contribution in [0.5, 0.6) is 0 Å². The zero-order chi connectivity index (χ0) is 13.6. The van der Waals surface area contributed by atoms with E-state index in [4.69, 9.17) is 9.52 Å². The number of nitrogens with zero attached hydrogens (tertiary/aromatic N) is 1. The summed E-state index contributed by atoms with van der Waals surface area (Å²) in [6, 6.07) is 5.87. The standard InChI is InChI=1S/C15H17NO3/c1-9(2)14-16-11-7-10(3-4-12(11)19-14)15(5-6-15)8-13(17)18/h3-4,7,9H,5-6,8H2,1-2H3,(H,17,18). The molecule has 100 valence electrons. The third-order valence-electron chi connectivity index (χ3n) is 3.85. The number of aromatic nitrogens is 1. The van der Waals surface area contributed by atoms with Crippen molar-refractivity contribution in [1.82, 2.24) is 4.98 Å². The summed E-state index contributed by atoms with van der Waals surface area (Å²) >= 11 is 0. The molecule has 1 aromatic carbocycles. The Balaban J connectivity index is 2.00. The molecular weight excluding hydrogens is 242 g/mol. The minimum atomic E-state index is -0.736. The molecular formula is C15H17NO3. The number of aliphatic carboxylic acids is 1. The van der Waals surface area contributed by atoms with Crippen molar-refractivity contribution in [3.63, 3.8) is 0 Å². The molecule has 0 saturated heterocycles. The van der Waals surface area contributed by atoms with Crippen LogP contribution in [0.1, 0.15) is 50.5 Å². The first-order chi connectivity index (χ1) is 9.00. The molecule has 1 aliphatic rings. The van der Waals surface area contributed by atoms with Gasteiger partial charge in [-0.25, -0.2) is 4.98 Å². The molecule has 0 atom stereocenters. The monoisotopic (exact) mass is 259 g/mol. The average molecular weight is 259 g/mol. The van der Waals surface area contributed by atoms with E-state index in [2.05, 4.69) is 4.98 Å². The Bertz CT molecular complexity index is 638. The van der Waals surface area contributed by atoms with Gasteiger partial charge >= 0.3 is 5.97 Å². The maximum absolute atomic E-state index is 11.0. The fraction of sp³-hybridized carbons (Fsp3) is 0.467. The first-order valence-electron chi connectivity index (χ1n) is 6.63. The van der Waals surface area contributed by atoms with Gasteiger partial charge in [0.1, 0.15) is 5.52 Å². The summed E-state index contributed by atoms with van der Waals surface area (Å²) in [6.07, 6.45) is 2.09. The molecule has 1 aromatic heterocycles. The number of fused-ring (bicyclic) bond motifs is 1. The highest BCUT2D eigenvalue weighted by Crippen LogP contribution is 2.51. The topological polar surface area (TPSA) is 63.3 Å². The van der Waals surface area contributed by atoms with E-state index in [1.165, 1.54) is 0 Å². The lowest BCUT2D eigenvalue weighted by Crippen LogP contribution is -2.12. The van der Waals surface area contributed by atoms with Crippen LogP contribution in [-0.2, 0) is 10.2 Å². The van der Waals surface area contributed by atoms with Gasteiger partial charge in [-0.15, -0.1) is 0 Å². The van der Waals surface area contributed by atoms with Gasteiger partial charge in [0.15, 0.2) is 11.5 Å². The van der Waals surface area contributed by atoms with Crippen molar-refractivity contribution in [1.29, 1.82) is 0 Å². The highest BCUT2D eigenvalue weighted by molar-refractivity contribution is 5.75. The van der Waals surface area contributed by atoms with Crippen molar-refractivity contribution in [3.8, 4) is 0 Å². The Labute approximate surface area is 111 Å². The Hall–Kier alpha value is -1.84. The van der Waals surface area contributed by atoms with E-state index in [0.29, 0.717) is 0 Å². The van der Waals surface area contributed by atoms with Crippen LogP contribution in [0.4, 0.5) is 0 Å². The summed E-state index contributed by atoms with van der Waals surface area (Å²) < 4.78 is 5.67. The van der Waals surface area contributed by atoms with Gasteiger partial charge in [0, 0.05) is 11.3 Å². The molecule has 1 heterocycles. The maximum Gasteiger partial charge on any atom is 0.304 e. The Morgan fingerprint density at radius 3 is 2.79 bits per heavy atom. The van der Waals surface area contributed by atoms with E-state index in [0.717, 1.165) is 35.4 Å². The summed E-state index contributed by atoms with van der Waals surface area (Å²) in [5.74, 6) is 0.251. The second-order valence-electron chi connectivity index (χ2n) is 5.74. The van der Waals surface area contributed by atoms with Gasteiger partial charge in [0.05, 0.1) is 6.42 Å². The van der Waals surface area contributed by atoms with E-state index in [1.54, 1.807) is 0 Å². The van der Waals surface area contributed by atoms with Crippen molar-refractivity contribution >= 4 is 17.1 Å². The lowest BCUT2D eigenvalue weighted by atomic mass is 9.92. The molecule has 0 aliphatic heterocycles. The van der Waals surface area contributed by atoms with Crippen LogP contribution in [-0.4, -0.2) is 16.1 Å². The maximum atomic E-state index is 11.0. The number of oxazole rings is 1. The normalized spacial score (nSPS) is 17.0. The number of rotatable bonds is 4. The molecule has 1 N–H and O–H groups in total. The van der Waals surface area contributed by atoms with Crippen molar-refractivity contribution < 1.29 is 14.3 Å². The van der Waals surface area contributed by atoms with Crippen LogP contribution in [0.2, 0.25) is 0 Å². The van der Waals surface area contributed by atoms with Crippen LogP contribution >= 0.6 is 0 Å². The second kappa shape index (κ2) is 4.08. The van der Waals surface area contributed by atoms with Crippen molar-refractivity contribution in [2.45, 2.75) is 44.4 Å². The summed E-state index contributed by atoms with van der Waals surface area (Å²) in [7, 11) is 0. The summed E-state index contributed by atoms with van der Waals surface area (Å²) in [5.41, 5.74) is 2.51. The van der Waals surface area contributed by atoms with Crippen LogP contribution in [0.25, 0.3) is 11.1 Å². The van der Waals surface area contributed by atoms with Gasteiger partial charge in [-0.05, 0) is 30.5 Å². The van der Waals surface area contributed by atoms with Crippen molar-refractivity contribution in [2.24, 2.45) is 0 Å². The van der Waals surface area contributed by atoms with E-state index in [-0.39, 0.29) is 17.8 Å². The molecule has 0 unspecified atom stereocenters. The molecule has 1 aliphatic carbocycles. The zero-order valence-corrected chi connectivity index (χ0v) is 11.1. The lowest BCUT2D eigenvalue weighted by molar-refractivity contribution is -0.137. The molecule has 1 saturated carbocycles. The number of carboxylic acid groups (broad SMARTS) is 1. The van der Waals surface area contributed by atoms with Gasteiger partial charge in [0.2, 0.25) is 0 Å². The van der Waals surface area contributed by atoms with Crippen molar-refractivity contribution in [3.05, 3.63) is 29.7 Å². The number of carbonyl (C=O) groups is 1. The summed E-state index contributed by atoms with van der Waals surface area (Å²) in [6.45, 7) is 4.08. The SMILES string of the molecule is CC(C)c1nc2cc(C3(CC(=O)O)CC3)ccc2o1. The summed E-state index contributed by atoms with van der Waals surface area (Å²) in [5, 5.41) is 9.01. The molecule has 0 spiro atoms. The van der Waals surface area contributed by atoms with Crippen molar-refractivity contribution in [2.75, 3.05) is 0 Å². The van der Waals surface area contributed by atoms with E-state index in [1.807, 2.05) is 32.0 Å². The molecule has 3 rings (SSSR count). The largest absolute Gasteiger partial charge is 0.481 e. The summed E-state index contributed by atoms with van der Waals surface area (Å²) in [4.78, 5) is 15.4. The van der Waals surface area contributed by atoms with Gasteiger partial charge < -0.3 is 9.52 Å². The van der Waals surface area contributed by atoms with E-state index < -0.39 is 5.97 Å². The van der Waals surface area contributed by atoms with Gasteiger partial charge in [-0.2, -0.15) is 0 Å². The van der Waals surface area contributed by atoms with E-state index in [9.17, 15) is 4.79 Å². The zero-order valence-electron chi connectivity index (χ0n) is 11.1. The Morgan fingerprint density at radius 1 is 1.47 bits per heavy atom. The first kappa shape index (κ1) is 12.2. The Kier molecular flexibility index (Phi) is 2.62. The van der Waals surface area contributed by atoms with Gasteiger partial charge in [-0.3, -0.25) is 4.79 Å². The first-order valence-corrected chi connectivity index (χ1v) is 6.63. The van der Waals surface area contributed by atoms with Crippen LogP contribution < -0.4 is 0 Å². The molecule has 2 aromatic rings. The van der Waals surface area contributed by atoms with Gasteiger partial charge in [-0.1, -0.05) is 19.9 Å². The number of hydrogen-bond donors (Lipinski definition) is 1. The van der Waals surface area contributed by atoms with Gasteiger partial charge in [0.25, 0.3) is 0 Å². The molecule has 0 amide bonds. The smallest absolute Gasteiger partial charge is 0.304 e. The van der Waals surface area contributed by atoms with Crippen LogP contribution in [0.3, 0.4) is 0 Å². The molecule has 0 radical (unpaired) electrons. The fourth-order valence-corrected chi connectivity index (χ4v) is 2.53. The molecule has 1 fully saturated rings. The van der Waals surface area contributed by atoms with E-state index >= 15 is 0 Å². The highest BCUT2D eigenvalue weighted by Gasteiger charge is 2.46. The quantitative estimate of drug-likeness (QED) is 0.913. The average Bonchev–Trinajstić information content (AvgIpc) is 2.98. The number of carboxylic acids is 1.